The standard InChI is InChI=1S/C20H15FN4O3/c1-12-2-4-15-13(8-20(27)28-18(15)6-12)7-19(26)24-17-9-14(3-5-16(17)21)25-10-22-23-11-25/h2-6,8-11H,7H2,1H3,(H,24,26). The fourth-order valence-electron chi connectivity index (χ4n) is 2.95. The first-order valence-corrected chi connectivity index (χ1v) is 8.47. The Kier molecular flexibility index (Phi) is 4.44. The summed E-state index contributed by atoms with van der Waals surface area (Å²) in [5.74, 6) is -1.02. The number of carbonyl (C=O) groups is 1. The number of aryl methyl sites for hydroxylation is 1. The van der Waals surface area contributed by atoms with Crippen LogP contribution in [0.25, 0.3) is 16.7 Å². The first-order chi connectivity index (χ1) is 13.5. The molecule has 28 heavy (non-hydrogen) atoms. The summed E-state index contributed by atoms with van der Waals surface area (Å²) in [5, 5.41) is 10.6. The summed E-state index contributed by atoms with van der Waals surface area (Å²) >= 11 is 0. The van der Waals surface area contributed by atoms with Crippen molar-refractivity contribution in [3.05, 3.63) is 82.5 Å². The van der Waals surface area contributed by atoms with Gasteiger partial charge in [-0.3, -0.25) is 9.36 Å². The lowest BCUT2D eigenvalue weighted by atomic mass is 10.1. The summed E-state index contributed by atoms with van der Waals surface area (Å²) in [6.45, 7) is 1.88. The number of halogens is 1. The fourth-order valence-corrected chi connectivity index (χ4v) is 2.95. The van der Waals surface area contributed by atoms with Crippen LogP contribution in [0.5, 0.6) is 0 Å². The van der Waals surface area contributed by atoms with E-state index in [0.29, 0.717) is 22.2 Å². The quantitative estimate of drug-likeness (QED) is 0.552. The van der Waals surface area contributed by atoms with E-state index in [2.05, 4.69) is 15.5 Å². The zero-order valence-electron chi connectivity index (χ0n) is 14.8. The van der Waals surface area contributed by atoms with Gasteiger partial charge in [-0.05, 0) is 42.3 Å². The zero-order chi connectivity index (χ0) is 19.7. The second kappa shape index (κ2) is 7.07. The van der Waals surface area contributed by atoms with E-state index in [9.17, 15) is 14.0 Å². The molecular weight excluding hydrogens is 363 g/mol. The second-order valence-corrected chi connectivity index (χ2v) is 6.35. The van der Waals surface area contributed by atoms with Gasteiger partial charge < -0.3 is 9.73 Å². The third-order valence-electron chi connectivity index (χ3n) is 4.28. The van der Waals surface area contributed by atoms with Gasteiger partial charge in [0.05, 0.1) is 17.8 Å². The number of nitrogens with one attached hydrogen (secondary N) is 1. The van der Waals surface area contributed by atoms with Crippen molar-refractivity contribution in [3.63, 3.8) is 0 Å². The molecule has 8 heteroatoms. The molecule has 0 radical (unpaired) electrons. The van der Waals surface area contributed by atoms with Gasteiger partial charge in [0.1, 0.15) is 24.1 Å². The van der Waals surface area contributed by atoms with Gasteiger partial charge in [0, 0.05) is 11.5 Å². The minimum Gasteiger partial charge on any atom is -0.423 e. The molecule has 7 nitrogen and oxygen atoms in total. The van der Waals surface area contributed by atoms with Gasteiger partial charge in [0.15, 0.2) is 0 Å². The minimum absolute atomic E-state index is 0.0271. The van der Waals surface area contributed by atoms with Crippen LogP contribution in [0, 0.1) is 12.7 Å². The van der Waals surface area contributed by atoms with Gasteiger partial charge in [-0.25, -0.2) is 9.18 Å². The molecule has 0 unspecified atom stereocenters. The number of aromatic nitrogens is 3. The molecule has 0 saturated heterocycles. The predicted molar refractivity (Wildman–Crippen MR) is 101 cm³/mol. The van der Waals surface area contributed by atoms with Crippen molar-refractivity contribution in [2.45, 2.75) is 13.3 Å². The number of benzene rings is 2. The van der Waals surface area contributed by atoms with E-state index >= 15 is 0 Å². The first-order valence-electron chi connectivity index (χ1n) is 8.47. The topological polar surface area (TPSA) is 90.0 Å². The van der Waals surface area contributed by atoms with Crippen LogP contribution in [0.3, 0.4) is 0 Å². The van der Waals surface area contributed by atoms with Gasteiger partial charge in [-0.2, -0.15) is 0 Å². The molecule has 2 heterocycles. The molecule has 0 spiro atoms. The number of hydrogen-bond donors (Lipinski definition) is 1. The van der Waals surface area contributed by atoms with Crippen LogP contribution in [-0.2, 0) is 11.2 Å². The summed E-state index contributed by atoms with van der Waals surface area (Å²) in [6, 6.07) is 11.0. The Morgan fingerprint density at radius 2 is 1.93 bits per heavy atom. The second-order valence-electron chi connectivity index (χ2n) is 6.35. The van der Waals surface area contributed by atoms with Gasteiger partial charge in [0.2, 0.25) is 5.91 Å². The third kappa shape index (κ3) is 3.52. The molecule has 1 N–H and O–H groups in total. The van der Waals surface area contributed by atoms with Crippen molar-refractivity contribution in [2.24, 2.45) is 0 Å². The van der Waals surface area contributed by atoms with Crippen LogP contribution >= 0.6 is 0 Å². The molecule has 4 aromatic rings. The molecule has 0 aliphatic heterocycles. The average Bonchev–Trinajstić information content (AvgIpc) is 3.17. The highest BCUT2D eigenvalue weighted by atomic mass is 19.1. The molecule has 0 atom stereocenters. The SMILES string of the molecule is Cc1ccc2c(CC(=O)Nc3cc(-n4cnnc4)ccc3F)cc(=O)oc2c1. The van der Waals surface area contributed by atoms with Crippen molar-refractivity contribution in [1.29, 1.82) is 0 Å². The lowest BCUT2D eigenvalue weighted by molar-refractivity contribution is -0.115. The summed E-state index contributed by atoms with van der Waals surface area (Å²) in [7, 11) is 0. The van der Waals surface area contributed by atoms with Gasteiger partial charge >= 0.3 is 5.63 Å². The lowest BCUT2D eigenvalue weighted by Crippen LogP contribution is -2.17. The van der Waals surface area contributed by atoms with Crippen LogP contribution < -0.4 is 10.9 Å². The maximum Gasteiger partial charge on any atom is 0.336 e. The van der Waals surface area contributed by atoms with E-state index in [1.54, 1.807) is 22.8 Å². The molecule has 1 amide bonds. The number of nitrogens with zero attached hydrogens (tertiary/aromatic N) is 3. The predicted octanol–water partition coefficient (Wildman–Crippen LogP) is 3.00. The molecule has 0 aliphatic rings. The summed E-state index contributed by atoms with van der Waals surface area (Å²) in [6.07, 6.45) is 2.84. The summed E-state index contributed by atoms with van der Waals surface area (Å²) in [4.78, 5) is 24.3. The van der Waals surface area contributed by atoms with Crippen molar-refractivity contribution < 1.29 is 13.6 Å². The number of anilines is 1. The highest BCUT2D eigenvalue weighted by Gasteiger charge is 2.13. The van der Waals surface area contributed by atoms with Gasteiger partial charge in [-0.15, -0.1) is 10.2 Å². The fraction of sp³-hybridized carbons (Fsp3) is 0.100. The molecule has 0 saturated carbocycles. The Morgan fingerprint density at radius 1 is 1.14 bits per heavy atom. The van der Waals surface area contributed by atoms with Crippen molar-refractivity contribution in [3.8, 4) is 5.69 Å². The summed E-state index contributed by atoms with van der Waals surface area (Å²) in [5.41, 5.74) is 1.95. The molecule has 2 aromatic heterocycles. The molecular formula is C20H15FN4O3. The van der Waals surface area contributed by atoms with Gasteiger partial charge in [0.25, 0.3) is 0 Å². The van der Waals surface area contributed by atoms with Crippen LogP contribution in [-0.4, -0.2) is 20.7 Å². The number of carbonyl (C=O) groups excluding carboxylic acids is 1. The maximum atomic E-state index is 14.2. The van der Waals surface area contributed by atoms with E-state index in [1.807, 2.05) is 13.0 Å². The normalized spacial score (nSPS) is 10.9. The molecule has 2 aromatic carbocycles. The number of fused-ring (bicyclic) bond motifs is 1. The summed E-state index contributed by atoms with van der Waals surface area (Å²) < 4.78 is 20.9. The van der Waals surface area contributed by atoms with E-state index in [4.69, 9.17) is 4.42 Å². The third-order valence-corrected chi connectivity index (χ3v) is 4.28. The van der Waals surface area contributed by atoms with E-state index in [-0.39, 0.29) is 12.1 Å². The monoisotopic (exact) mass is 378 g/mol. The number of rotatable bonds is 4. The Labute approximate surface area is 158 Å². The maximum absolute atomic E-state index is 14.2. The minimum atomic E-state index is -0.571. The Bertz CT molecular complexity index is 1230. The number of hydrogen-bond acceptors (Lipinski definition) is 5. The lowest BCUT2D eigenvalue weighted by Gasteiger charge is -2.10. The molecule has 0 fully saturated rings. The van der Waals surface area contributed by atoms with Gasteiger partial charge in [-0.1, -0.05) is 12.1 Å². The van der Waals surface area contributed by atoms with Crippen LogP contribution in [0.4, 0.5) is 10.1 Å². The Balaban J connectivity index is 1.61. The van der Waals surface area contributed by atoms with Crippen LogP contribution in [0.1, 0.15) is 11.1 Å². The Morgan fingerprint density at radius 3 is 2.71 bits per heavy atom. The van der Waals surface area contributed by atoms with Crippen molar-refractivity contribution in [2.75, 3.05) is 5.32 Å². The van der Waals surface area contributed by atoms with Crippen LogP contribution in [0.2, 0.25) is 0 Å². The first kappa shape index (κ1) is 17.6. The molecule has 140 valence electrons. The average molecular weight is 378 g/mol. The van der Waals surface area contributed by atoms with Crippen molar-refractivity contribution in [1.82, 2.24) is 14.8 Å². The van der Waals surface area contributed by atoms with Crippen molar-refractivity contribution >= 4 is 22.6 Å². The highest BCUT2D eigenvalue weighted by molar-refractivity contribution is 5.95. The van der Waals surface area contributed by atoms with E-state index in [0.717, 1.165) is 5.56 Å². The highest BCUT2D eigenvalue weighted by Crippen LogP contribution is 2.21. The Hall–Kier alpha value is -3.81. The smallest absolute Gasteiger partial charge is 0.336 e. The van der Waals surface area contributed by atoms with E-state index < -0.39 is 17.3 Å². The zero-order valence-corrected chi connectivity index (χ0v) is 14.8. The molecule has 0 aliphatic carbocycles. The largest absolute Gasteiger partial charge is 0.423 e. The van der Waals surface area contributed by atoms with E-state index in [1.165, 1.54) is 30.9 Å². The molecule has 0 bridgehead atoms. The van der Waals surface area contributed by atoms with Crippen LogP contribution in [0.15, 0.2) is 64.3 Å². The molecule has 4 rings (SSSR count). The number of amides is 1.